The molecule has 0 amide bonds. The van der Waals surface area contributed by atoms with E-state index in [0.29, 0.717) is 37.1 Å². The Morgan fingerprint density at radius 1 is 1.08 bits per heavy atom. The molecular formula is C43H54N6O2. The van der Waals surface area contributed by atoms with Crippen LogP contribution in [0.5, 0.6) is 0 Å². The summed E-state index contributed by atoms with van der Waals surface area (Å²) in [7, 11) is 1.97. The summed E-state index contributed by atoms with van der Waals surface area (Å²) in [6.07, 6.45) is 18.9. The summed E-state index contributed by atoms with van der Waals surface area (Å²) >= 11 is 0. The zero-order valence-corrected chi connectivity index (χ0v) is 31.1. The van der Waals surface area contributed by atoms with E-state index in [1.165, 1.54) is 29.5 Å². The highest BCUT2D eigenvalue weighted by Gasteiger charge is 2.14. The minimum Gasteiger partial charge on any atom is -0.456 e. The first-order chi connectivity index (χ1) is 24.8. The maximum Gasteiger partial charge on any atom is 0.277 e. The summed E-state index contributed by atoms with van der Waals surface area (Å²) in [6, 6.07) is 16.2. The second-order valence-electron chi connectivity index (χ2n) is 12.7. The third-order valence-electron chi connectivity index (χ3n) is 8.76. The number of para-hydroxylation sites is 1. The number of hydrogen-bond donors (Lipinski definition) is 3. The van der Waals surface area contributed by atoms with E-state index in [4.69, 9.17) is 4.42 Å². The molecular weight excluding hydrogens is 633 g/mol. The van der Waals surface area contributed by atoms with E-state index in [9.17, 15) is 4.79 Å². The van der Waals surface area contributed by atoms with Gasteiger partial charge < -0.3 is 20.4 Å². The molecule has 3 N–H and O–H groups in total. The highest BCUT2D eigenvalue weighted by Crippen LogP contribution is 2.29. The Morgan fingerprint density at radius 2 is 1.86 bits per heavy atom. The number of hydrogen-bond acceptors (Lipinski definition) is 7. The van der Waals surface area contributed by atoms with E-state index < -0.39 is 0 Å². The lowest BCUT2D eigenvalue weighted by Gasteiger charge is -2.16. The second-order valence-corrected chi connectivity index (χ2v) is 12.7. The third kappa shape index (κ3) is 10.4. The number of nitrogens with zero attached hydrogens (tertiary/aromatic N) is 3. The van der Waals surface area contributed by atoms with Crippen molar-refractivity contribution >= 4 is 39.3 Å². The Morgan fingerprint density at radius 3 is 2.57 bits per heavy atom. The van der Waals surface area contributed by atoms with Gasteiger partial charge in [-0.1, -0.05) is 88.6 Å². The number of anilines is 1. The zero-order chi connectivity index (χ0) is 36.6. The number of furan rings is 1. The normalized spacial score (nSPS) is 13.0. The first kappa shape index (κ1) is 38.6. The van der Waals surface area contributed by atoms with Crippen molar-refractivity contribution in [2.75, 3.05) is 25.5 Å². The minimum atomic E-state index is -0.116. The summed E-state index contributed by atoms with van der Waals surface area (Å²) in [5.41, 5.74) is 8.08. The van der Waals surface area contributed by atoms with Crippen molar-refractivity contribution in [2.24, 2.45) is 0 Å². The lowest BCUT2D eigenvalue weighted by Crippen LogP contribution is -2.28. The van der Waals surface area contributed by atoms with Crippen molar-refractivity contribution in [1.29, 1.82) is 0 Å². The number of fused-ring (bicyclic) bond motifs is 3. The molecule has 51 heavy (non-hydrogen) atoms. The summed E-state index contributed by atoms with van der Waals surface area (Å²) in [5.74, 6) is 1.25. The molecule has 8 heteroatoms. The Labute approximate surface area is 303 Å². The van der Waals surface area contributed by atoms with Gasteiger partial charge in [-0.2, -0.15) is 0 Å². The molecule has 0 saturated heterocycles. The van der Waals surface area contributed by atoms with Gasteiger partial charge in [-0.25, -0.2) is 4.98 Å². The number of nitrogens with one attached hydrogen (secondary N) is 3. The van der Waals surface area contributed by atoms with Gasteiger partial charge in [0.05, 0.1) is 6.20 Å². The Kier molecular flexibility index (Phi) is 15.0. The van der Waals surface area contributed by atoms with Crippen LogP contribution in [0.1, 0.15) is 82.3 Å². The summed E-state index contributed by atoms with van der Waals surface area (Å²) in [6.45, 7) is 17.2. The van der Waals surface area contributed by atoms with Gasteiger partial charge >= 0.3 is 0 Å². The number of dihydropyridines is 1. The molecule has 0 saturated carbocycles. The predicted molar refractivity (Wildman–Crippen MR) is 216 cm³/mol. The molecule has 0 radical (unpaired) electrons. The highest BCUT2D eigenvalue weighted by molar-refractivity contribution is 6.05. The zero-order valence-electron chi connectivity index (χ0n) is 31.1. The molecule has 0 aliphatic carbocycles. The number of likely N-dealkylation sites (N-methyl/N-ethyl adjacent to an activating group) is 1. The fourth-order valence-electron chi connectivity index (χ4n) is 5.66. The number of allylic oxidation sites excluding steroid dienone is 3. The third-order valence-corrected chi connectivity index (χ3v) is 8.76. The lowest BCUT2D eigenvalue weighted by atomic mass is 9.94. The number of benzene rings is 2. The topological polar surface area (TPSA) is 97.0 Å². The maximum absolute atomic E-state index is 13.1. The summed E-state index contributed by atoms with van der Waals surface area (Å²) < 4.78 is 7.54. The average Bonchev–Trinajstić information content (AvgIpc) is 3.54. The highest BCUT2D eigenvalue weighted by atomic mass is 16.3. The van der Waals surface area contributed by atoms with Crippen molar-refractivity contribution in [1.82, 2.24) is 25.2 Å². The van der Waals surface area contributed by atoms with Gasteiger partial charge in [-0.3, -0.25) is 14.3 Å². The summed E-state index contributed by atoms with van der Waals surface area (Å²) in [4.78, 5) is 21.9. The predicted octanol–water partition coefficient (Wildman–Crippen LogP) is 9.47. The van der Waals surface area contributed by atoms with Crippen LogP contribution in [0.2, 0.25) is 0 Å². The van der Waals surface area contributed by atoms with Crippen molar-refractivity contribution < 1.29 is 4.42 Å². The molecule has 1 aliphatic rings. The molecule has 5 aromatic rings. The molecule has 8 nitrogen and oxygen atoms in total. The molecule has 1 aliphatic heterocycles. The monoisotopic (exact) mass is 686 g/mol. The van der Waals surface area contributed by atoms with Crippen LogP contribution in [-0.4, -0.2) is 34.7 Å². The SMILES string of the molecule is C=CCn1c(C2=CC=CNC2)ncc(NCc2ccc3oc4ccccc4c3c2)c1=O.CCCC.CC[C@@H](C)c1ccncc1/C=C(\C)CNC. The van der Waals surface area contributed by atoms with E-state index >= 15 is 0 Å². The number of unbranched alkanes of at least 4 members (excludes halogenated alkanes) is 1. The minimum absolute atomic E-state index is 0.116. The number of rotatable bonds is 12. The van der Waals surface area contributed by atoms with E-state index in [-0.39, 0.29) is 5.56 Å². The lowest BCUT2D eigenvalue weighted by molar-refractivity contribution is 0.669. The van der Waals surface area contributed by atoms with Crippen molar-refractivity contribution in [3.05, 3.63) is 137 Å². The van der Waals surface area contributed by atoms with E-state index in [2.05, 4.69) is 91.4 Å². The average molecular weight is 687 g/mol. The van der Waals surface area contributed by atoms with Crippen molar-refractivity contribution in [3.63, 3.8) is 0 Å². The fraction of sp³-hybridized carbons (Fsp3) is 0.326. The van der Waals surface area contributed by atoms with Crippen LogP contribution >= 0.6 is 0 Å². The van der Waals surface area contributed by atoms with E-state index in [1.807, 2.05) is 68.1 Å². The van der Waals surface area contributed by atoms with E-state index in [1.54, 1.807) is 16.8 Å². The van der Waals surface area contributed by atoms with Crippen molar-refractivity contribution in [3.8, 4) is 0 Å². The Balaban J connectivity index is 0.000000245. The molecule has 6 rings (SSSR count). The smallest absolute Gasteiger partial charge is 0.277 e. The first-order valence-electron chi connectivity index (χ1n) is 18.0. The molecule has 0 unspecified atom stereocenters. The van der Waals surface area contributed by atoms with E-state index in [0.717, 1.165) is 46.0 Å². The van der Waals surface area contributed by atoms with Crippen LogP contribution in [0, 0.1) is 0 Å². The molecule has 0 fully saturated rings. The molecule has 0 spiro atoms. The van der Waals surface area contributed by atoms with Gasteiger partial charge in [-0.15, -0.1) is 6.58 Å². The van der Waals surface area contributed by atoms with Crippen LogP contribution in [0.3, 0.4) is 0 Å². The van der Waals surface area contributed by atoms with Gasteiger partial charge in [0.1, 0.15) is 22.7 Å². The van der Waals surface area contributed by atoms with Gasteiger partial charge in [0.15, 0.2) is 0 Å². The maximum atomic E-state index is 13.1. The number of aromatic nitrogens is 3. The van der Waals surface area contributed by atoms with Gasteiger partial charge in [-0.05, 0) is 79.5 Å². The molecule has 4 heterocycles. The second kappa shape index (κ2) is 19.8. The summed E-state index contributed by atoms with van der Waals surface area (Å²) in [5, 5.41) is 11.7. The number of pyridine rings is 1. The van der Waals surface area contributed by atoms with Gasteiger partial charge in [0.2, 0.25) is 0 Å². The molecule has 0 bridgehead atoms. The van der Waals surface area contributed by atoms with Crippen LogP contribution in [0.4, 0.5) is 5.69 Å². The molecule has 1 atom stereocenters. The molecule has 2 aromatic carbocycles. The molecule has 3 aromatic heterocycles. The first-order valence-corrected chi connectivity index (χ1v) is 18.0. The van der Waals surface area contributed by atoms with Crippen LogP contribution in [0.15, 0.2) is 113 Å². The quantitative estimate of drug-likeness (QED) is 0.113. The van der Waals surface area contributed by atoms with Crippen molar-refractivity contribution in [2.45, 2.75) is 72.9 Å². The van der Waals surface area contributed by atoms with Crippen LogP contribution in [-0.2, 0) is 13.1 Å². The van der Waals surface area contributed by atoms with Crippen LogP contribution < -0.4 is 21.5 Å². The van der Waals surface area contributed by atoms with Gasteiger partial charge in [0, 0.05) is 54.9 Å². The fourth-order valence-corrected chi connectivity index (χ4v) is 5.66. The largest absolute Gasteiger partial charge is 0.456 e. The van der Waals surface area contributed by atoms with Gasteiger partial charge in [0.25, 0.3) is 5.56 Å². The Bertz CT molecular complexity index is 2030. The standard InChI is InChI=1S/C25H22N4O2.C14H22N2.C4H10/c1-2-12-29-24(18-6-5-11-26-15-18)28-16-21(25(29)30)27-14-17-9-10-23-20(13-17)19-7-3-4-8-22(19)31-23;1-5-12(3)14-6-7-16-10-13(14)8-11(2)9-15-4;1-3-4-2/h2-11,13,16,26-27H,1,12,14-15H2;6-8,10,12,15H,5,9H2,1-4H3;3-4H2,1-2H3/b;11-8+;/t;12-;/m.1./s1. The molecule has 268 valence electrons. The Hall–Kier alpha value is -5.21. The van der Waals surface area contributed by atoms with Crippen LogP contribution in [0.25, 0.3) is 33.6 Å².